The number of rotatable bonds is 2. The highest BCUT2D eigenvalue weighted by Crippen LogP contribution is 2.19. The predicted octanol–water partition coefficient (Wildman–Crippen LogP) is 2.93. The average molecular weight is 238 g/mol. The molecule has 3 nitrogen and oxygen atoms in total. The van der Waals surface area contributed by atoms with Crippen molar-refractivity contribution in [3.8, 4) is 0 Å². The van der Waals surface area contributed by atoms with Crippen LogP contribution in [-0.4, -0.2) is 11.3 Å². The van der Waals surface area contributed by atoms with E-state index >= 15 is 0 Å². The summed E-state index contributed by atoms with van der Waals surface area (Å²) in [7, 11) is 0. The van der Waals surface area contributed by atoms with Crippen LogP contribution in [0.4, 0.5) is 5.69 Å². The van der Waals surface area contributed by atoms with Crippen LogP contribution in [0, 0.1) is 0 Å². The minimum absolute atomic E-state index is 0.399. The normalized spacial score (nSPS) is 14.5. The van der Waals surface area contributed by atoms with E-state index in [0.29, 0.717) is 11.3 Å². The second-order valence-corrected chi connectivity index (χ2v) is 4.07. The molecule has 3 heteroatoms. The van der Waals surface area contributed by atoms with Gasteiger partial charge in [-0.2, -0.15) is 0 Å². The van der Waals surface area contributed by atoms with Crippen LogP contribution in [0.3, 0.4) is 0 Å². The Morgan fingerprint density at radius 2 is 2.00 bits per heavy atom. The second kappa shape index (κ2) is 5.27. The molecule has 1 aromatic heterocycles. The number of nitrogens with zero attached hydrogens (tertiary/aromatic N) is 1. The van der Waals surface area contributed by atoms with Crippen LogP contribution in [0.25, 0.3) is 5.57 Å². The summed E-state index contributed by atoms with van der Waals surface area (Å²) in [4.78, 5) is 15.1. The summed E-state index contributed by atoms with van der Waals surface area (Å²) in [6, 6.07) is 1.70. The van der Waals surface area contributed by atoms with E-state index in [1.165, 1.54) is 11.8 Å². The van der Waals surface area contributed by atoms with E-state index in [9.17, 15) is 4.79 Å². The van der Waals surface area contributed by atoms with Gasteiger partial charge in [-0.1, -0.05) is 42.0 Å². The van der Waals surface area contributed by atoms with Gasteiger partial charge in [-0.05, 0) is 13.0 Å². The van der Waals surface area contributed by atoms with Crippen LogP contribution >= 0.6 is 0 Å². The zero-order chi connectivity index (χ0) is 13.0. The third kappa shape index (κ3) is 2.63. The highest BCUT2D eigenvalue weighted by Gasteiger charge is 2.04. The van der Waals surface area contributed by atoms with Crippen LogP contribution < -0.4 is 5.73 Å². The smallest absolute Gasteiger partial charge is 0.152 e. The molecular formula is C15H14N2O. The summed E-state index contributed by atoms with van der Waals surface area (Å²) in [6.07, 6.45) is 14.1. The molecule has 90 valence electrons. The third-order valence-electron chi connectivity index (χ3n) is 2.66. The Labute approximate surface area is 106 Å². The van der Waals surface area contributed by atoms with Gasteiger partial charge in [-0.3, -0.25) is 9.78 Å². The molecule has 18 heavy (non-hydrogen) atoms. The lowest BCUT2D eigenvalue weighted by Crippen LogP contribution is -1.97. The average Bonchev–Trinajstić information content (AvgIpc) is 2.34. The zero-order valence-electron chi connectivity index (χ0n) is 10.1. The number of nitrogen functional groups attached to an aromatic ring is 1. The maximum Gasteiger partial charge on any atom is 0.152 e. The van der Waals surface area contributed by atoms with Gasteiger partial charge in [0.25, 0.3) is 0 Å². The van der Waals surface area contributed by atoms with Crippen LogP contribution in [0.5, 0.6) is 0 Å². The summed E-state index contributed by atoms with van der Waals surface area (Å²) in [6.45, 7) is 2.03. The van der Waals surface area contributed by atoms with Crippen molar-refractivity contribution >= 4 is 17.5 Å². The maximum absolute atomic E-state index is 10.9. The summed E-state index contributed by atoms with van der Waals surface area (Å²) in [5, 5.41) is 0. The number of aldehydes is 1. The number of hydrogen-bond donors (Lipinski definition) is 1. The topological polar surface area (TPSA) is 56.0 Å². The molecule has 0 aliphatic heterocycles. The minimum atomic E-state index is 0.399. The first-order chi connectivity index (χ1) is 8.70. The van der Waals surface area contributed by atoms with Crippen LogP contribution in [0.1, 0.15) is 23.0 Å². The van der Waals surface area contributed by atoms with Crippen LogP contribution in [-0.2, 0) is 0 Å². The van der Waals surface area contributed by atoms with Gasteiger partial charge in [-0.25, -0.2) is 0 Å². The molecule has 0 atom stereocenters. The Morgan fingerprint density at radius 3 is 2.78 bits per heavy atom. The van der Waals surface area contributed by atoms with Crippen LogP contribution in [0.2, 0.25) is 0 Å². The molecule has 1 aromatic rings. The van der Waals surface area contributed by atoms with Crippen molar-refractivity contribution in [3.63, 3.8) is 0 Å². The van der Waals surface area contributed by atoms with Crippen molar-refractivity contribution in [1.82, 2.24) is 4.98 Å². The molecule has 1 heterocycles. The largest absolute Gasteiger partial charge is 0.397 e. The summed E-state index contributed by atoms with van der Waals surface area (Å²) >= 11 is 0. The van der Waals surface area contributed by atoms with Gasteiger partial charge in [0.1, 0.15) is 0 Å². The van der Waals surface area contributed by atoms with Gasteiger partial charge in [0.15, 0.2) is 6.29 Å². The Bertz CT molecular complexity index is 593. The van der Waals surface area contributed by atoms with Gasteiger partial charge in [0, 0.05) is 11.1 Å². The second-order valence-electron chi connectivity index (χ2n) is 4.07. The number of hydrogen-bond acceptors (Lipinski definition) is 3. The summed E-state index contributed by atoms with van der Waals surface area (Å²) < 4.78 is 0. The van der Waals surface area contributed by atoms with E-state index in [1.807, 2.05) is 43.4 Å². The lowest BCUT2D eigenvalue weighted by Gasteiger charge is -2.05. The number of carbonyl (C=O) groups excluding carboxylic acids is 1. The number of aromatic nitrogens is 1. The van der Waals surface area contributed by atoms with Gasteiger partial charge in [-0.15, -0.1) is 0 Å². The molecule has 0 bridgehead atoms. The van der Waals surface area contributed by atoms with Crippen molar-refractivity contribution in [1.29, 1.82) is 0 Å². The molecule has 2 rings (SSSR count). The molecule has 2 N–H and O–H groups in total. The van der Waals surface area contributed by atoms with Gasteiger partial charge in [0.2, 0.25) is 0 Å². The Balaban J connectivity index is 2.40. The number of pyridine rings is 1. The van der Waals surface area contributed by atoms with Crippen molar-refractivity contribution in [2.24, 2.45) is 0 Å². The molecule has 0 spiro atoms. The predicted molar refractivity (Wildman–Crippen MR) is 74.1 cm³/mol. The van der Waals surface area contributed by atoms with Gasteiger partial charge >= 0.3 is 0 Å². The number of allylic oxidation sites excluding steroid dienone is 8. The molecule has 0 saturated carbocycles. The molecule has 1 aliphatic carbocycles. The quantitative estimate of drug-likeness (QED) is 0.806. The number of anilines is 1. The molecular weight excluding hydrogens is 224 g/mol. The van der Waals surface area contributed by atoms with Gasteiger partial charge in [0.05, 0.1) is 17.6 Å². The molecule has 0 fully saturated rings. The molecule has 0 aromatic carbocycles. The molecule has 0 unspecified atom stereocenters. The highest BCUT2D eigenvalue weighted by molar-refractivity contribution is 5.85. The first-order valence-electron chi connectivity index (χ1n) is 5.65. The number of nitrogens with two attached hydrogens (primary N) is 1. The number of carbonyl (C=O) groups is 1. The van der Waals surface area contributed by atoms with E-state index in [-0.39, 0.29) is 0 Å². The zero-order valence-corrected chi connectivity index (χ0v) is 10.1. The fraction of sp³-hybridized carbons (Fsp3) is 0.0667. The lowest BCUT2D eigenvalue weighted by atomic mass is 10.1. The van der Waals surface area contributed by atoms with Gasteiger partial charge < -0.3 is 5.73 Å². The first-order valence-corrected chi connectivity index (χ1v) is 5.65. The standard InChI is InChI=1S/C15H14N2O/c1-11-4-2-6-12(7-3-5-11)15-8-13(10-18)14(16)9-17-15/h2-10H,16H2,1H3. The SMILES string of the molecule is CC1=CC=CC(c2cc(C=O)c(N)cn2)=CC=C1. The summed E-state index contributed by atoms with van der Waals surface area (Å²) in [5.74, 6) is 0. The van der Waals surface area contributed by atoms with E-state index in [2.05, 4.69) is 4.98 Å². The lowest BCUT2D eigenvalue weighted by molar-refractivity contribution is 0.112. The fourth-order valence-electron chi connectivity index (χ4n) is 1.63. The highest BCUT2D eigenvalue weighted by atomic mass is 16.1. The van der Waals surface area contributed by atoms with E-state index in [0.717, 1.165) is 17.6 Å². The Kier molecular flexibility index (Phi) is 3.53. The molecule has 0 amide bonds. The maximum atomic E-state index is 10.9. The fourth-order valence-corrected chi connectivity index (χ4v) is 1.63. The Morgan fingerprint density at radius 1 is 1.22 bits per heavy atom. The van der Waals surface area contributed by atoms with E-state index in [1.54, 1.807) is 6.07 Å². The van der Waals surface area contributed by atoms with Crippen molar-refractivity contribution < 1.29 is 4.79 Å². The van der Waals surface area contributed by atoms with Crippen LogP contribution in [0.15, 0.2) is 54.3 Å². The van der Waals surface area contributed by atoms with E-state index in [4.69, 9.17) is 5.73 Å². The first kappa shape index (κ1) is 12.0. The van der Waals surface area contributed by atoms with Crippen molar-refractivity contribution in [3.05, 3.63) is 65.5 Å². The Hall–Kier alpha value is -2.42. The van der Waals surface area contributed by atoms with E-state index < -0.39 is 0 Å². The monoisotopic (exact) mass is 238 g/mol. The molecule has 0 saturated heterocycles. The third-order valence-corrected chi connectivity index (χ3v) is 2.66. The molecule has 1 aliphatic rings. The summed E-state index contributed by atoms with van der Waals surface area (Å²) in [5.41, 5.74) is 9.37. The molecule has 0 radical (unpaired) electrons. The minimum Gasteiger partial charge on any atom is -0.397 e. The van der Waals surface area contributed by atoms with Crippen molar-refractivity contribution in [2.75, 3.05) is 5.73 Å². The van der Waals surface area contributed by atoms with Crippen molar-refractivity contribution in [2.45, 2.75) is 6.92 Å².